The highest BCUT2D eigenvalue weighted by Gasteiger charge is 2.54. The maximum Gasteiger partial charge on any atom is 0.421 e. The van der Waals surface area contributed by atoms with Gasteiger partial charge in [-0.3, -0.25) is 0 Å². The Bertz CT molecular complexity index is 347. The number of halogens is 3. The molecule has 0 aliphatic carbocycles. The Morgan fingerprint density at radius 1 is 1.19 bits per heavy atom. The van der Waals surface area contributed by atoms with E-state index in [0.717, 1.165) is 5.56 Å². The molecule has 0 heterocycles. The molecule has 5 heteroatoms. The first-order chi connectivity index (χ1) is 7.31. The Kier molecular flexibility index (Phi) is 3.60. The molecular formula is C11H14F3NO. The Morgan fingerprint density at radius 3 is 2.06 bits per heavy atom. The number of alkyl halides is 3. The van der Waals surface area contributed by atoms with Crippen LogP contribution < -0.4 is 5.73 Å². The second kappa shape index (κ2) is 4.43. The molecule has 0 spiro atoms. The summed E-state index contributed by atoms with van der Waals surface area (Å²) in [7, 11) is 0. The van der Waals surface area contributed by atoms with Gasteiger partial charge in [-0.2, -0.15) is 13.2 Å². The molecule has 0 bridgehead atoms. The van der Waals surface area contributed by atoms with E-state index in [4.69, 9.17) is 5.73 Å². The summed E-state index contributed by atoms with van der Waals surface area (Å²) in [6.07, 6.45) is -5.26. The predicted octanol–water partition coefficient (Wildman–Crippen LogP) is 2.09. The minimum absolute atomic E-state index is 0.170. The molecule has 2 nitrogen and oxygen atoms in total. The third-order valence-electron chi connectivity index (χ3n) is 2.50. The minimum Gasteiger partial charge on any atom is -0.376 e. The van der Waals surface area contributed by atoms with Gasteiger partial charge in [0.25, 0.3) is 0 Å². The zero-order valence-corrected chi connectivity index (χ0v) is 8.88. The number of rotatable bonds is 3. The molecule has 0 aliphatic heterocycles. The lowest BCUT2D eigenvalue weighted by molar-refractivity contribution is -0.268. The fourth-order valence-corrected chi connectivity index (χ4v) is 1.49. The van der Waals surface area contributed by atoms with Crippen LogP contribution in [0.3, 0.4) is 0 Å². The van der Waals surface area contributed by atoms with Crippen LogP contribution >= 0.6 is 0 Å². The van der Waals surface area contributed by atoms with Crippen molar-refractivity contribution in [1.29, 1.82) is 0 Å². The lowest BCUT2D eigenvalue weighted by Crippen LogP contribution is -2.43. The first kappa shape index (κ1) is 13.0. The van der Waals surface area contributed by atoms with Gasteiger partial charge in [-0.15, -0.1) is 0 Å². The zero-order valence-electron chi connectivity index (χ0n) is 8.88. The summed E-state index contributed by atoms with van der Waals surface area (Å²) in [5.41, 5.74) is 2.93. The Hall–Kier alpha value is -1.07. The maximum absolute atomic E-state index is 12.8. The molecule has 1 unspecified atom stereocenters. The summed E-state index contributed by atoms with van der Waals surface area (Å²) in [4.78, 5) is 0. The third kappa shape index (κ3) is 2.36. The van der Waals surface area contributed by atoms with Gasteiger partial charge in [0.1, 0.15) is 0 Å². The van der Waals surface area contributed by atoms with Crippen LogP contribution in [-0.4, -0.2) is 17.8 Å². The van der Waals surface area contributed by atoms with E-state index in [1.165, 1.54) is 24.3 Å². The summed E-state index contributed by atoms with van der Waals surface area (Å²) in [6.45, 7) is 1.53. The third-order valence-corrected chi connectivity index (χ3v) is 2.50. The molecule has 1 rings (SSSR count). The molecule has 16 heavy (non-hydrogen) atoms. The van der Waals surface area contributed by atoms with Gasteiger partial charge in [-0.25, -0.2) is 0 Å². The number of hydrogen-bond donors (Lipinski definition) is 2. The molecule has 1 aromatic carbocycles. The summed E-state index contributed by atoms with van der Waals surface area (Å²) < 4.78 is 38.3. The van der Waals surface area contributed by atoms with Crippen LogP contribution in [-0.2, 0) is 5.60 Å². The van der Waals surface area contributed by atoms with Gasteiger partial charge < -0.3 is 10.8 Å². The van der Waals surface area contributed by atoms with E-state index in [1.807, 2.05) is 0 Å². The second-order valence-corrected chi connectivity index (χ2v) is 3.76. The van der Waals surface area contributed by atoms with Gasteiger partial charge in [0, 0.05) is 6.42 Å². The summed E-state index contributed by atoms with van der Waals surface area (Å²) in [6, 6.07) is 5.61. The van der Waals surface area contributed by atoms with Crippen LogP contribution in [0.25, 0.3) is 0 Å². The number of hydrogen-bond acceptors (Lipinski definition) is 2. The molecule has 1 aromatic rings. The lowest BCUT2D eigenvalue weighted by Gasteiger charge is -2.30. The zero-order chi connectivity index (χ0) is 12.4. The monoisotopic (exact) mass is 233 g/mol. The van der Waals surface area contributed by atoms with E-state index in [1.54, 1.807) is 6.92 Å². The lowest BCUT2D eigenvalue weighted by atomic mass is 9.89. The first-order valence-corrected chi connectivity index (χ1v) is 4.87. The van der Waals surface area contributed by atoms with Crippen molar-refractivity contribution >= 4 is 0 Å². The van der Waals surface area contributed by atoms with Gasteiger partial charge in [-0.05, 0) is 19.0 Å². The van der Waals surface area contributed by atoms with Crippen LogP contribution in [0.2, 0.25) is 0 Å². The largest absolute Gasteiger partial charge is 0.421 e. The van der Waals surface area contributed by atoms with Crippen molar-refractivity contribution in [3.05, 3.63) is 35.4 Å². The second-order valence-electron chi connectivity index (χ2n) is 3.76. The SMILES string of the molecule is Cc1ccc(C(O)(CCN)C(F)(F)F)cc1. The molecular weight excluding hydrogens is 219 g/mol. The van der Waals surface area contributed by atoms with E-state index >= 15 is 0 Å². The van der Waals surface area contributed by atoms with Gasteiger partial charge in [0.05, 0.1) is 0 Å². The molecule has 0 aromatic heterocycles. The van der Waals surface area contributed by atoms with Crippen LogP contribution in [0.15, 0.2) is 24.3 Å². The fourth-order valence-electron chi connectivity index (χ4n) is 1.49. The van der Waals surface area contributed by atoms with E-state index < -0.39 is 18.2 Å². The molecule has 90 valence electrons. The van der Waals surface area contributed by atoms with Crippen molar-refractivity contribution in [2.75, 3.05) is 6.54 Å². The first-order valence-electron chi connectivity index (χ1n) is 4.87. The van der Waals surface area contributed by atoms with Crippen LogP contribution in [0, 0.1) is 6.92 Å². The molecule has 0 saturated heterocycles. The van der Waals surface area contributed by atoms with E-state index in [2.05, 4.69) is 0 Å². The Labute approximate surface area is 91.9 Å². The van der Waals surface area contributed by atoms with Gasteiger partial charge in [0.2, 0.25) is 0 Å². The Balaban J connectivity index is 3.16. The molecule has 0 amide bonds. The molecule has 0 radical (unpaired) electrons. The average molecular weight is 233 g/mol. The number of aliphatic hydroxyl groups is 1. The van der Waals surface area contributed by atoms with E-state index in [-0.39, 0.29) is 12.1 Å². The molecule has 3 N–H and O–H groups in total. The van der Waals surface area contributed by atoms with Crippen LogP contribution in [0.1, 0.15) is 17.5 Å². The summed E-state index contributed by atoms with van der Waals surface area (Å²) in [5.74, 6) is 0. The summed E-state index contributed by atoms with van der Waals surface area (Å²) >= 11 is 0. The van der Waals surface area contributed by atoms with Gasteiger partial charge in [0.15, 0.2) is 5.60 Å². The predicted molar refractivity (Wildman–Crippen MR) is 54.8 cm³/mol. The number of benzene rings is 1. The molecule has 0 fully saturated rings. The van der Waals surface area contributed by atoms with E-state index in [9.17, 15) is 18.3 Å². The smallest absolute Gasteiger partial charge is 0.376 e. The molecule has 1 atom stereocenters. The van der Waals surface area contributed by atoms with Crippen molar-refractivity contribution < 1.29 is 18.3 Å². The highest BCUT2D eigenvalue weighted by Crippen LogP contribution is 2.41. The van der Waals surface area contributed by atoms with E-state index in [0.29, 0.717) is 0 Å². The molecule has 0 aliphatic rings. The maximum atomic E-state index is 12.8. The van der Waals surface area contributed by atoms with Gasteiger partial charge >= 0.3 is 6.18 Å². The fraction of sp³-hybridized carbons (Fsp3) is 0.455. The summed E-state index contributed by atoms with van der Waals surface area (Å²) in [5, 5.41) is 9.71. The number of nitrogens with two attached hydrogens (primary N) is 1. The Morgan fingerprint density at radius 2 is 1.69 bits per heavy atom. The van der Waals surface area contributed by atoms with Crippen molar-refractivity contribution in [3.63, 3.8) is 0 Å². The normalized spacial score (nSPS) is 15.9. The topological polar surface area (TPSA) is 46.2 Å². The quantitative estimate of drug-likeness (QED) is 0.839. The average Bonchev–Trinajstić information content (AvgIpc) is 2.17. The minimum atomic E-state index is -4.72. The highest BCUT2D eigenvalue weighted by atomic mass is 19.4. The van der Waals surface area contributed by atoms with Crippen molar-refractivity contribution in [2.24, 2.45) is 5.73 Å². The number of aryl methyl sites for hydroxylation is 1. The van der Waals surface area contributed by atoms with Crippen molar-refractivity contribution in [1.82, 2.24) is 0 Å². The standard InChI is InChI=1S/C11H14F3NO/c1-8-2-4-9(5-3-8)10(16,6-7-15)11(12,13)14/h2-5,16H,6-7,15H2,1H3. The van der Waals surface area contributed by atoms with Crippen molar-refractivity contribution in [3.8, 4) is 0 Å². The van der Waals surface area contributed by atoms with Crippen molar-refractivity contribution in [2.45, 2.75) is 25.1 Å². The van der Waals surface area contributed by atoms with Crippen LogP contribution in [0.4, 0.5) is 13.2 Å². The molecule has 0 saturated carbocycles. The van der Waals surface area contributed by atoms with Crippen LogP contribution in [0.5, 0.6) is 0 Å². The van der Waals surface area contributed by atoms with Gasteiger partial charge in [-0.1, -0.05) is 29.8 Å². The highest BCUT2D eigenvalue weighted by molar-refractivity contribution is 5.28.